The van der Waals surface area contributed by atoms with E-state index >= 15 is 0 Å². The largest absolute Gasteiger partial charge is 0.494 e. The van der Waals surface area contributed by atoms with E-state index in [0.29, 0.717) is 12.0 Å². The quantitative estimate of drug-likeness (QED) is 0.725. The first-order valence-electron chi connectivity index (χ1n) is 6.75. The number of rotatable bonds is 7. The van der Waals surface area contributed by atoms with Crippen LogP contribution < -0.4 is 4.74 Å². The van der Waals surface area contributed by atoms with Gasteiger partial charge in [0.25, 0.3) is 0 Å². The summed E-state index contributed by atoms with van der Waals surface area (Å²) >= 11 is 5.56. The highest BCUT2D eigenvalue weighted by molar-refractivity contribution is 6.27. The third kappa shape index (κ3) is 4.15. The molecule has 1 fully saturated rings. The summed E-state index contributed by atoms with van der Waals surface area (Å²) in [7, 11) is 1.41. The molecule has 4 nitrogen and oxygen atoms in total. The molecule has 0 N–H and O–H groups in total. The van der Waals surface area contributed by atoms with Crippen molar-refractivity contribution >= 4 is 17.4 Å². The van der Waals surface area contributed by atoms with E-state index in [4.69, 9.17) is 25.8 Å². The highest BCUT2D eigenvalue weighted by atomic mass is 35.5. The van der Waals surface area contributed by atoms with Crippen molar-refractivity contribution in [1.29, 1.82) is 0 Å². The normalized spacial score (nSPS) is 22.5. The number of Topliss-reactive ketones (excluding diaryl/α,β-unsaturated/α-hetero) is 1. The van der Waals surface area contributed by atoms with Gasteiger partial charge in [-0.05, 0) is 30.5 Å². The fourth-order valence-corrected chi connectivity index (χ4v) is 2.49. The predicted octanol–water partition coefficient (Wildman–Crippen LogP) is 3.22. The Balaban J connectivity index is 2.13. The summed E-state index contributed by atoms with van der Waals surface area (Å²) < 4.78 is 29.5. The van der Waals surface area contributed by atoms with Crippen LogP contribution in [0, 0.1) is 5.82 Å². The second kappa shape index (κ2) is 7.20. The standard InChI is InChI=1S/C15H18ClFO4/c1-9-20-15(21-9)7-11(5-12(18)8-16)10-3-4-14(19-2)13(17)6-10/h3-4,6,9,11,15H,5,7-8H2,1-2H3. The van der Waals surface area contributed by atoms with Crippen LogP contribution in [-0.2, 0) is 14.3 Å². The van der Waals surface area contributed by atoms with Crippen molar-refractivity contribution in [3.8, 4) is 5.75 Å². The maximum Gasteiger partial charge on any atom is 0.165 e. The SMILES string of the molecule is COc1ccc(C(CC(=O)CCl)CC2OC(C)O2)cc1F. The maximum atomic E-state index is 13.8. The van der Waals surface area contributed by atoms with Gasteiger partial charge in [0.2, 0.25) is 0 Å². The van der Waals surface area contributed by atoms with Crippen LogP contribution >= 0.6 is 11.6 Å². The van der Waals surface area contributed by atoms with Crippen molar-refractivity contribution in [1.82, 2.24) is 0 Å². The first-order valence-corrected chi connectivity index (χ1v) is 7.29. The number of carbonyl (C=O) groups excluding carboxylic acids is 1. The lowest BCUT2D eigenvalue weighted by Gasteiger charge is -2.36. The van der Waals surface area contributed by atoms with Crippen LogP contribution in [0.25, 0.3) is 0 Å². The molecule has 1 aliphatic rings. The van der Waals surface area contributed by atoms with Gasteiger partial charge in [0.05, 0.1) is 13.0 Å². The molecule has 1 aliphatic heterocycles. The minimum absolute atomic E-state index is 0.0576. The number of ketones is 1. The summed E-state index contributed by atoms with van der Waals surface area (Å²) in [6.45, 7) is 1.79. The molecule has 0 radical (unpaired) electrons. The Morgan fingerprint density at radius 1 is 1.48 bits per heavy atom. The lowest BCUT2D eigenvalue weighted by Crippen LogP contribution is -2.39. The topological polar surface area (TPSA) is 44.8 Å². The van der Waals surface area contributed by atoms with Gasteiger partial charge in [-0.15, -0.1) is 11.6 Å². The monoisotopic (exact) mass is 316 g/mol. The number of methoxy groups -OCH3 is 1. The van der Waals surface area contributed by atoms with Gasteiger partial charge < -0.3 is 14.2 Å². The molecule has 21 heavy (non-hydrogen) atoms. The van der Waals surface area contributed by atoms with Gasteiger partial charge in [-0.25, -0.2) is 4.39 Å². The molecule has 0 saturated carbocycles. The van der Waals surface area contributed by atoms with Crippen LogP contribution in [0.15, 0.2) is 18.2 Å². The smallest absolute Gasteiger partial charge is 0.165 e. The van der Waals surface area contributed by atoms with Crippen LogP contribution in [0.1, 0.15) is 31.2 Å². The van der Waals surface area contributed by atoms with E-state index in [1.807, 2.05) is 0 Å². The molecule has 2 rings (SSSR count). The number of carbonyl (C=O) groups is 1. The molecule has 0 spiro atoms. The lowest BCUT2D eigenvalue weighted by atomic mass is 9.90. The Kier molecular flexibility index (Phi) is 5.56. The van der Waals surface area contributed by atoms with Crippen LogP contribution in [-0.4, -0.2) is 31.4 Å². The fraction of sp³-hybridized carbons (Fsp3) is 0.533. The highest BCUT2D eigenvalue weighted by Crippen LogP contribution is 2.33. The zero-order valence-corrected chi connectivity index (χ0v) is 12.7. The van der Waals surface area contributed by atoms with Crippen molar-refractivity contribution in [2.75, 3.05) is 13.0 Å². The van der Waals surface area contributed by atoms with Crippen LogP contribution in [0.3, 0.4) is 0 Å². The summed E-state index contributed by atoms with van der Waals surface area (Å²) in [6, 6.07) is 4.68. The first kappa shape index (κ1) is 16.2. The van der Waals surface area contributed by atoms with Crippen molar-refractivity contribution in [2.24, 2.45) is 0 Å². The van der Waals surface area contributed by atoms with Gasteiger partial charge in [0, 0.05) is 12.8 Å². The zero-order valence-electron chi connectivity index (χ0n) is 12.0. The first-order chi connectivity index (χ1) is 10.0. The average Bonchev–Trinajstić information content (AvgIpc) is 2.44. The average molecular weight is 317 g/mol. The van der Waals surface area contributed by atoms with Crippen molar-refractivity contribution in [3.63, 3.8) is 0 Å². The molecule has 1 atom stereocenters. The second-order valence-electron chi connectivity index (χ2n) is 4.97. The number of ether oxygens (including phenoxy) is 3. The molecule has 1 aromatic rings. The number of halogens is 2. The Bertz CT molecular complexity index is 502. The number of hydrogen-bond donors (Lipinski definition) is 0. The summed E-state index contributed by atoms with van der Waals surface area (Å²) in [5, 5.41) is 0. The molecule has 1 unspecified atom stereocenters. The van der Waals surface area contributed by atoms with Gasteiger partial charge in [-0.3, -0.25) is 4.79 Å². The van der Waals surface area contributed by atoms with Gasteiger partial charge in [0.1, 0.15) is 5.78 Å². The molecule has 0 amide bonds. The third-order valence-corrected chi connectivity index (χ3v) is 3.73. The van der Waals surface area contributed by atoms with E-state index in [9.17, 15) is 9.18 Å². The van der Waals surface area contributed by atoms with E-state index < -0.39 is 5.82 Å². The molecule has 1 aromatic carbocycles. The number of hydrogen-bond acceptors (Lipinski definition) is 4. The van der Waals surface area contributed by atoms with E-state index in [1.54, 1.807) is 19.1 Å². The van der Waals surface area contributed by atoms with Crippen LogP contribution in [0.2, 0.25) is 0 Å². The summed E-state index contributed by atoms with van der Waals surface area (Å²) in [5.74, 6) is -0.634. The number of benzene rings is 1. The van der Waals surface area contributed by atoms with Crippen LogP contribution in [0.4, 0.5) is 4.39 Å². The van der Waals surface area contributed by atoms with Crippen molar-refractivity contribution in [3.05, 3.63) is 29.6 Å². The Hall–Kier alpha value is -1.17. The highest BCUT2D eigenvalue weighted by Gasteiger charge is 2.31. The van der Waals surface area contributed by atoms with E-state index in [2.05, 4.69) is 0 Å². The van der Waals surface area contributed by atoms with Crippen molar-refractivity contribution in [2.45, 2.75) is 38.3 Å². The molecule has 1 saturated heterocycles. The predicted molar refractivity (Wildman–Crippen MR) is 76.1 cm³/mol. The number of alkyl halides is 1. The molecule has 0 bridgehead atoms. The van der Waals surface area contributed by atoms with E-state index in [-0.39, 0.29) is 42.3 Å². The minimum Gasteiger partial charge on any atom is -0.494 e. The molecule has 116 valence electrons. The molecular formula is C15H18ClFO4. The van der Waals surface area contributed by atoms with Gasteiger partial charge in [-0.1, -0.05) is 6.07 Å². The Morgan fingerprint density at radius 2 is 2.19 bits per heavy atom. The zero-order chi connectivity index (χ0) is 15.4. The summed E-state index contributed by atoms with van der Waals surface area (Å²) in [5.41, 5.74) is 0.707. The van der Waals surface area contributed by atoms with Crippen LogP contribution in [0.5, 0.6) is 5.75 Å². The van der Waals surface area contributed by atoms with E-state index in [0.717, 1.165) is 0 Å². The molecule has 0 aliphatic carbocycles. The van der Waals surface area contributed by atoms with Crippen molar-refractivity contribution < 1.29 is 23.4 Å². The van der Waals surface area contributed by atoms with E-state index in [1.165, 1.54) is 13.2 Å². The summed E-state index contributed by atoms with van der Waals surface area (Å²) in [6.07, 6.45) is 0.122. The molecular weight excluding hydrogens is 299 g/mol. The molecule has 6 heteroatoms. The second-order valence-corrected chi connectivity index (χ2v) is 5.24. The van der Waals surface area contributed by atoms with Gasteiger partial charge in [0.15, 0.2) is 24.1 Å². The third-order valence-electron chi connectivity index (χ3n) is 3.43. The minimum atomic E-state index is -0.456. The Labute approximate surface area is 128 Å². The van der Waals surface area contributed by atoms with Gasteiger partial charge in [-0.2, -0.15) is 0 Å². The van der Waals surface area contributed by atoms with Gasteiger partial charge >= 0.3 is 0 Å². The fourth-order valence-electron chi connectivity index (χ4n) is 2.38. The maximum absolute atomic E-state index is 13.8. The lowest BCUT2D eigenvalue weighted by molar-refractivity contribution is -0.378. The molecule has 0 aromatic heterocycles. The summed E-state index contributed by atoms with van der Waals surface area (Å²) in [4.78, 5) is 11.6. The Morgan fingerprint density at radius 3 is 2.71 bits per heavy atom. The molecule has 1 heterocycles.